The first-order valence-corrected chi connectivity index (χ1v) is 12.3. The zero-order chi connectivity index (χ0) is 22.7. The van der Waals surface area contributed by atoms with Crippen molar-refractivity contribution in [3.63, 3.8) is 0 Å². The van der Waals surface area contributed by atoms with E-state index < -0.39 is 16.1 Å². The Morgan fingerprint density at radius 1 is 1.06 bits per heavy atom. The second-order valence-electron chi connectivity index (χ2n) is 8.16. The summed E-state index contributed by atoms with van der Waals surface area (Å²) in [5, 5.41) is 3.04. The largest absolute Gasteiger partial charge is 0.338 e. The van der Waals surface area contributed by atoms with Crippen molar-refractivity contribution >= 4 is 15.9 Å². The molecule has 2 heterocycles. The fourth-order valence-corrected chi connectivity index (χ4v) is 5.84. The predicted molar refractivity (Wildman–Crippen MR) is 123 cm³/mol. The van der Waals surface area contributed by atoms with Gasteiger partial charge in [-0.15, -0.1) is 0 Å². The number of hydrogen-bond acceptors (Lipinski definition) is 4. The maximum atomic E-state index is 13.2. The number of imidazole rings is 1. The van der Waals surface area contributed by atoms with Crippen molar-refractivity contribution in [1.82, 2.24) is 19.2 Å². The Kier molecular flexibility index (Phi) is 6.43. The number of carbonyl (C=O) groups excluding carboxylic acids is 1. The molecular weight excluding hydrogens is 424 g/mol. The SMILES string of the molecule is Cc1ccc(C(=O)N[C@@H](c2ccccc2)c2nccn2C)cc1S(=O)(=O)N1CCCCC1. The number of aryl methyl sites for hydroxylation is 2. The molecule has 0 radical (unpaired) electrons. The molecule has 1 aromatic heterocycles. The summed E-state index contributed by atoms with van der Waals surface area (Å²) in [4.78, 5) is 17.9. The van der Waals surface area contributed by atoms with Gasteiger partial charge in [0.1, 0.15) is 11.9 Å². The van der Waals surface area contributed by atoms with Gasteiger partial charge in [0.05, 0.1) is 4.90 Å². The summed E-state index contributed by atoms with van der Waals surface area (Å²) in [5.74, 6) is 0.342. The summed E-state index contributed by atoms with van der Waals surface area (Å²) in [6, 6.07) is 14.0. The molecule has 2 aromatic carbocycles. The molecule has 7 nitrogen and oxygen atoms in total. The number of hydrogen-bond donors (Lipinski definition) is 1. The topological polar surface area (TPSA) is 84.3 Å². The van der Waals surface area contributed by atoms with Crippen LogP contribution < -0.4 is 5.32 Å². The minimum Gasteiger partial charge on any atom is -0.338 e. The van der Waals surface area contributed by atoms with Gasteiger partial charge in [-0.1, -0.05) is 42.8 Å². The summed E-state index contributed by atoms with van der Waals surface area (Å²) < 4.78 is 29.9. The van der Waals surface area contributed by atoms with Gasteiger partial charge in [0.15, 0.2) is 0 Å². The maximum absolute atomic E-state index is 13.2. The van der Waals surface area contributed by atoms with E-state index in [0.717, 1.165) is 24.8 Å². The van der Waals surface area contributed by atoms with E-state index in [1.54, 1.807) is 25.3 Å². The van der Waals surface area contributed by atoms with Gasteiger partial charge in [-0.25, -0.2) is 13.4 Å². The third-order valence-electron chi connectivity index (χ3n) is 5.91. The monoisotopic (exact) mass is 452 g/mol. The van der Waals surface area contributed by atoms with Crippen LogP contribution in [0, 0.1) is 6.92 Å². The number of nitrogens with one attached hydrogen (secondary N) is 1. The van der Waals surface area contributed by atoms with Gasteiger partial charge in [0, 0.05) is 38.1 Å². The number of aromatic nitrogens is 2. The molecule has 1 N–H and O–H groups in total. The van der Waals surface area contributed by atoms with Crippen LogP contribution in [0.4, 0.5) is 0 Å². The van der Waals surface area contributed by atoms with Gasteiger partial charge in [0.2, 0.25) is 10.0 Å². The number of benzene rings is 2. The van der Waals surface area contributed by atoms with Crippen LogP contribution in [0.5, 0.6) is 0 Å². The first-order valence-electron chi connectivity index (χ1n) is 10.8. The van der Waals surface area contributed by atoms with Crippen LogP contribution in [0.3, 0.4) is 0 Å². The molecule has 1 atom stereocenters. The van der Waals surface area contributed by atoms with Crippen molar-refractivity contribution in [2.75, 3.05) is 13.1 Å². The molecule has 0 spiro atoms. The summed E-state index contributed by atoms with van der Waals surface area (Å²) in [7, 11) is -1.77. The van der Waals surface area contributed by atoms with Crippen molar-refractivity contribution in [3.8, 4) is 0 Å². The highest BCUT2D eigenvalue weighted by Crippen LogP contribution is 2.26. The van der Waals surface area contributed by atoms with E-state index in [4.69, 9.17) is 0 Å². The molecular formula is C24H28N4O3S. The molecule has 0 bridgehead atoms. The lowest BCUT2D eigenvalue weighted by Crippen LogP contribution is -2.36. The van der Waals surface area contributed by atoms with E-state index in [1.807, 2.05) is 48.1 Å². The third kappa shape index (κ3) is 4.47. The average molecular weight is 453 g/mol. The van der Waals surface area contributed by atoms with E-state index in [2.05, 4.69) is 10.3 Å². The minimum absolute atomic E-state index is 0.195. The molecule has 32 heavy (non-hydrogen) atoms. The molecule has 0 unspecified atom stereocenters. The lowest BCUT2D eigenvalue weighted by molar-refractivity contribution is 0.0941. The molecule has 1 aliphatic rings. The summed E-state index contributed by atoms with van der Waals surface area (Å²) in [6.07, 6.45) is 6.28. The highest BCUT2D eigenvalue weighted by molar-refractivity contribution is 7.89. The smallest absolute Gasteiger partial charge is 0.252 e. The van der Waals surface area contributed by atoms with E-state index in [9.17, 15) is 13.2 Å². The molecule has 4 rings (SSSR count). The molecule has 8 heteroatoms. The molecule has 1 aliphatic heterocycles. The molecule has 168 valence electrons. The zero-order valence-corrected chi connectivity index (χ0v) is 19.2. The first-order chi connectivity index (χ1) is 15.4. The van der Waals surface area contributed by atoms with Crippen LogP contribution in [0.2, 0.25) is 0 Å². The third-order valence-corrected chi connectivity index (χ3v) is 7.95. The lowest BCUT2D eigenvalue weighted by atomic mass is 10.0. The Bertz CT molecular complexity index is 1200. The van der Waals surface area contributed by atoms with Crippen molar-refractivity contribution < 1.29 is 13.2 Å². The van der Waals surface area contributed by atoms with Crippen LogP contribution in [0.15, 0.2) is 65.8 Å². The summed E-state index contributed by atoms with van der Waals surface area (Å²) in [6.45, 7) is 2.81. The van der Waals surface area contributed by atoms with Crippen molar-refractivity contribution in [3.05, 3.63) is 83.4 Å². The van der Waals surface area contributed by atoms with Crippen LogP contribution in [0.1, 0.15) is 52.6 Å². The van der Waals surface area contributed by atoms with E-state index in [-0.39, 0.29) is 10.8 Å². The first kappa shape index (κ1) is 22.2. The van der Waals surface area contributed by atoms with Gasteiger partial charge in [-0.3, -0.25) is 4.79 Å². The number of carbonyl (C=O) groups is 1. The molecule has 0 saturated carbocycles. The predicted octanol–water partition coefficient (Wildman–Crippen LogP) is 3.42. The van der Waals surface area contributed by atoms with Gasteiger partial charge in [0.25, 0.3) is 5.91 Å². The number of amides is 1. The Morgan fingerprint density at radius 3 is 2.44 bits per heavy atom. The highest BCUT2D eigenvalue weighted by atomic mass is 32.2. The lowest BCUT2D eigenvalue weighted by Gasteiger charge is -2.26. The molecule has 1 amide bonds. The Balaban J connectivity index is 1.65. The standard InChI is InChI=1S/C24H28N4O3S/c1-18-11-12-20(17-21(18)32(30,31)28-14-7-4-8-15-28)24(29)26-22(19-9-5-3-6-10-19)23-25-13-16-27(23)2/h3,5-6,9-13,16-17,22H,4,7-8,14-15H2,1-2H3,(H,26,29)/t22-/m0/s1. The molecule has 3 aromatic rings. The molecule has 1 saturated heterocycles. The second kappa shape index (κ2) is 9.26. The number of sulfonamides is 1. The van der Waals surface area contributed by atoms with Crippen LogP contribution in [-0.4, -0.2) is 41.3 Å². The molecule has 0 aliphatic carbocycles. The molecule has 1 fully saturated rings. The fraction of sp³-hybridized carbons (Fsp3) is 0.333. The fourth-order valence-electron chi connectivity index (χ4n) is 4.08. The normalized spacial score (nSPS) is 15.9. The van der Waals surface area contributed by atoms with E-state index >= 15 is 0 Å². The van der Waals surface area contributed by atoms with Crippen LogP contribution in [-0.2, 0) is 17.1 Å². The second-order valence-corrected chi connectivity index (χ2v) is 10.1. The van der Waals surface area contributed by atoms with Crippen molar-refractivity contribution in [2.45, 2.75) is 37.1 Å². The van der Waals surface area contributed by atoms with Gasteiger partial charge in [-0.2, -0.15) is 4.31 Å². The quantitative estimate of drug-likeness (QED) is 0.621. The van der Waals surface area contributed by atoms with Crippen molar-refractivity contribution in [2.24, 2.45) is 7.05 Å². The van der Waals surface area contributed by atoms with Crippen LogP contribution in [0.25, 0.3) is 0 Å². The van der Waals surface area contributed by atoms with E-state index in [1.165, 1.54) is 10.4 Å². The van der Waals surface area contributed by atoms with Gasteiger partial charge < -0.3 is 9.88 Å². The summed E-state index contributed by atoms with van der Waals surface area (Å²) >= 11 is 0. The minimum atomic E-state index is -3.64. The Hall–Kier alpha value is -2.97. The van der Waals surface area contributed by atoms with Crippen LogP contribution >= 0.6 is 0 Å². The van der Waals surface area contributed by atoms with Gasteiger partial charge >= 0.3 is 0 Å². The number of rotatable bonds is 6. The van der Waals surface area contributed by atoms with E-state index in [0.29, 0.717) is 30.0 Å². The number of nitrogens with zero attached hydrogens (tertiary/aromatic N) is 3. The van der Waals surface area contributed by atoms with Gasteiger partial charge in [-0.05, 0) is 43.0 Å². The average Bonchev–Trinajstić information content (AvgIpc) is 3.24. The number of piperidine rings is 1. The Labute approximate surface area is 189 Å². The summed E-state index contributed by atoms with van der Waals surface area (Å²) in [5.41, 5.74) is 1.83. The zero-order valence-electron chi connectivity index (χ0n) is 18.4. The maximum Gasteiger partial charge on any atom is 0.252 e. The highest BCUT2D eigenvalue weighted by Gasteiger charge is 2.29. The Morgan fingerprint density at radius 2 is 1.78 bits per heavy atom. The van der Waals surface area contributed by atoms with Crippen molar-refractivity contribution in [1.29, 1.82) is 0 Å².